The summed E-state index contributed by atoms with van der Waals surface area (Å²) in [7, 11) is 0. The molecule has 0 radical (unpaired) electrons. The van der Waals surface area contributed by atoms with Gasteiger partial charge in [-0.05, 0) is 12.1 Å². The number of aromatic nitrogens is 3. The highest BCUT2D eigenvalue weighted by atomic mass is 19.1. The maximum absolute atomic E-state index is 13.6. The third-order valence-corrected chi connectivity index (χ3v) is 3.62. The largest absolute Gasteiger partial charge is 0.349 e. The number of H-pyrrole nitrogens is 1. The average Bonchev–Trinajstić information content (AvgIpc) is 2.95. The van der Waals surface area contributed by atoms with Crippen molar-refractivity contribution in [2.45, 2.75) is 0 Å². The van der Waals surface area contributed by atoms with E-state index in [9.17, 15) is 9.18 Å². The molecule has 112 valence electrons. The highest BCUT2D eigenvalue weighted by Gasteiger charge is 2.09. The maximum Gasteiger partial charge on any atom is 0.298 e. The summed E-state index contributed by atoms with van der Waals surface area (Å²) in [5.74, 6) is -0.399. The van der Waals surface area contributed by atoms with E-state index in [0.717, 1.165) is 15.6 Å². The molecule has 0 fully saturated rings. The summed E-state index contributed by atoms with van der Waals surface area (Å²) in [5, 5.41) is 4.89. The summed E-state index contributed by atoms with van der Waals surface area (Å²) in [6.45, 7) is 0. The summed E-state index contributed by atoms with van der Waals surface area (Å²) in [6, 6.07) is 13.8. The Bertz CT molecular complexity index is 1110. The zero-order chi connectivity index (χ0) is 15.8. The normalized spacial score (nSPS) is 11.7. The van der Waals surface area contributed by atoms with Crippen molar-refractivity contribution in [2.24, 2.45) is 5.10 Å². The fourth-order valence-corrected chi connectivity index (χ4v) is 2.48. The van der Waals surface area contributed by atoms with Gasteiger partial charge >= 0.3 is 0 Å². The Hall–Kier alpha value is -3.28. The van der Waals surface area contributed by atoms with Crippen molar-refractivity contribution in [1.29, 1.82) is 0 Å². The molecule has 5 nitrogen and oxygen atoms in total. The molecule has 0 aliphatic rings. The van der Waals surface area contributed by atoms with Gasteiger partial charge in [0.2, 0.25) is 0 Å². The van der Waals surface area contributed by atoms with E-state index in [2.05, 4.69) is 15.1 Å². The number of para-hydroxylation sites is 1. The van der Waals surface area contributed by atoms with Gasteiger partial charge in [0.1, 0.15) is 23.2 Å². The van der Waals surface area contributed by atoms with Gasteiger partial charge in [-0.25, -0.2) is 9.37 Å². The van der Waals surface area contributed by atoms with Gasteiger partial charge in [-0.2, -0.15) is 9.78 Å². The molecule has 23 heavy (non-hydrogen) atoms. The summed E-state index contributed by atoms with van der Waals surface area (Å²) in [5.41, 5.74) is 1.78. The van der Waals surface area contributed by atoms with Crippen LogP contribution in [0, 0.1) is 5.82 Å². The Morgan fingerprint density at radius 2 is 1.91 bits per heavy atom. The lowest BCUT2D eigenvalue weighted by molar-refractivity contribution is 0.625. The van der Waals surface area contributed by atoms with Gasteiger partial charge in [0, 0.05) is 16.5 Å². The number of nitrogens with one attached hydrogen (secondary N) is 1. The molecular formula is C17H11FN4O. The van der Waals surface area contributed by atoms with Gasteiger partial charge in [-0.3, -0.25) is 4.79 Å². The second-order valence-electron chi connectivity index (χ2n) is 5.05. The Morgan fingerprint density at radius 1 is 1.13 bits per heavy atom. The molecule has 0 aliphatic heterocycles. The SMILES string of the molecule is O=c1c2[nH]c3ccccc3c2ncn1N=Cc1ccccc1F. The Morgan fingerprint density at radius 3 is 2.78 bits per heavy atom. The summed E-state index contributed by atoms with van der Waals surface area (Å²) in [6.07, 6.45) is 2.63. The van der Waals surface area contributed by atoms with Gasteiger partial charge in [0.05, 0.1) is 6.21 Å². The minimum atomic E-state index is -0.399. The van der Waals surface area contributed by atoms with Crippen molar-refractivity contribution in [3.8, 4) is 0 Å². The quantitative estimate of drug-likeness (QED) is 0.579. The summed E-state index contributed by atoms with van der Waals surface area (Å²) in [4.78, 5) is 19.8. The van der Waals surface area contributed by atoms with E-state index < -0.39 is 5.82 Å². The minimum absolute atomic E-state index is 0.302. The average molecular weight is 306 g/mol. The zero-order valence-electron chi connectivity index (χ0n) is 11.9. The van der Waals surface area contributed by atoms with Crippen molar-refractivity contribution < 1.29 is 4.39 Å². The summed E-state index contributed by atoms with van der Waals surface area (Å²) < 4.78 is 14.7. The van der Waals surface area contributed by atoms with Crippen LogP contribution in [0.4, 0.5) is 4.39 Å². The molecular weight excluding hydrogens is 295 g/mol. The van der Waals surface area contributed by atoms with Gasteiger partial charge in [-0.1, -0.05) is 36.4 Å². The molecule has 2 aromatic heterocycles. The summed E-state index contributed by atoms with van der Waals surface area (Å²) >= 11 is 0. The number of halogens is 1. The molecule has 0 unspecified atom stereocenters. The molecule has 0 spiro atoms. The van der Waals surface area contributed by atoms with Crippen LogP contribution in [-0.4, -0.2) is 20.9 Å². The lowest BCUT2D eigenvalue weighted by Gasteiger charge is -1.98. The van der Waals surface area contributed by atoms with Crippen LogP contribution in [0.5, 0.6) is 0 Å². The van der Waals surface area contributed by atoms with E-state index in [1.165, 1.54) is 18.6 Å². The number of benzene rings is 2. The van der Waals surface area contributed by atoms with Crippen LogP contribution in [0.1, 0.15) is 5.56 Å². The van der Waals surface area contributed by atoms with Gasteiger partial charge in [0.25, 0.3) is 5.56 Å². The molecule has 6 heteroatoms. The second kappa shape index (κ2) is 5.17. The van der Waals surface area contributed by atoms with Crippen LogP contribution >= 0.6 is 0 Å². The highest BCUT2D eigenvalue weighted by molar-refractivity contribution is 6.04. The second-order valence-corrected chi connectivity index (χ2v) is 5.05. The molecule has 0 saturated carbocycles. The molecule has 4 aromatic rings. The van der Waals surface area contributed by atoms with E-state index in [1.807, 2.05) is 24.3 Å². The monoisotopic (exact) mass is 306 g/mol. The molecule has 0 bridgehead atoms. The van der Waals surface area contributed by atoms with Crippen LogP contribution in [0.25, 0.3) is 21.9 Å². The van der Waals surface area contributed by atoms with Crippen LogP contribution in [0.15, 0.2) is 64.8 Å². The fourth-order valence-electron chi connectivity index (χ4n) is 2.48. The first-order valence-corrected chi connectivity index (χ1v) is 7.01. The van der Waals surface area contributed by atoms with Crippen LogP contribution in [0.2, 0.25) is 0 Å². The number of fused-ring (bicyclic) bond motifs is 3. The van der Waals surface area contributed by atoms with Crippen LogP contribution in [-0.2, 0) is 0 Å². The molecule has 4 rings (SSSR count). The predicted molar refractivity (Wildman–Crippen MR) is 87.3 cm³/mol. The molecule has 0 amide bonds. The smallest absolute Gasteiger partial charge is 0.298 e. The van der Waals surface area contributed by atoms with Crippen molar-refractivity contribution in [2.75, 3.05) is 0 Å². The number of nitrogens with zero attached hydrogens (tertiary/aromatic N) is 3. The molecule has 0 aliphatic carbocycles. The standard InChI is InChI=1S/C17H11FN4O/c18-13-7-3-1-5-11(13)9-20-22-10-19-15-12-6-2-4-8-14(12)21-16(15)17(22)23/h1-10,21H. The van der Waals surface area contributed by atoms with Gasteiger partial charge in [-0.15, -0.1) is 0 Å². The number of aromatic amines is 1. The van der Waals surface area contributed by atoms with Gasteiger partial charge < -0.3 is 4.98 Å². The van der Waals surface area contributed by atoms with Crippen molar-refractivity contribution >= 4 is 28.2 Å². The van der Waals surface area contributed by atoms with Crippen molar-refractivity contribution in [3.05, 3.63) is 76.6 Å². The molecule has 1 N–H and O–H groups in total. The topological polar surface area (TPSA) is 63.0 Å². The van der Waals surface area contributed by atoms with Crippen molar-refractivity contribution in [1.82, 2.24) is 14.6 Å². The Balaban J connectivity index is 1.86. The van der Waals surface area contributed by atoms with E-state index in [0.29, 0.717) is 16.6 Å². The lowest BCUT2D eigenvalue weighted by atomic mass is 10.2. The number of hydrogen-bond acceptors (Lipinski definition) is 3. The third-order valence-electron chi connectivity index (χ3n) is 3.62. The predicted octanol–water partition coefficient (Wildman–Crippen LogP) is 2.90. The first-order valence-electron chi connectivity index (χ1n) is 7.01. The Labute approximate surface area is 129 Å². The minimum Gasteiger partial charge on any atom is -0.349 e. The first kappa shape index (κ1) is 13.4. The van der Waals surface area contributed by atoms with Crippen LogP contribution in [0.3, 0.4) is 0 Å². The highest BCUT2D eigenvalue weighted by Crippen LogP contribution is 2.20. The number of rotatable bonds is 2. The Kier molecular flexibility index (Phi) is 3.01. The molecule has 0 saturated heterocycles. The van der Waals surface area contributed by atoms with E-state index >= 15 is 0 Å². The van der Waals surface area contributed by atoms with E-state index in [4.69, 9.17) is 0 Å². The fraction of sp³-hybridized carbons (Fsp3) is 0. The van der Waals surface area contributed by atoms with E-state index in [-0.39, 0.29) is 5.56 Å². The van der Waals surface area contributed by atoms with E-state index in [1.54, 1.807) is 18.2 Å². The first-order chi connectivity index (χ1) is 11.2. The molecule has 2 heterocycles. The number of hydrogen-bond donors (Lipinski definition) is 1. The third kappa shape index (κ3) is 2.20. The van der Waals surface area contributed by atoms with Crippen LogP contribution < -0.4 is 5.56 Å². The molecule has 0 atom stereocenters. The maximum atomic E-state index is 13.6. The zero-order valence-corrected chi connectivity index (χ0v) is 11.9. The van der Waals surface area contributed by atoms with Crippen molar-refractivity contribution in [3.63, 3.8) is 0 Å². The lowest BCUT2D eigenvalue weighted by Crippen LogP contribution is -2.17. The van der Waals surface area contributed by atoms with Gasteiger partial charge in [0.15, 0.2) is 0 Å². The molecule has 2 aromatic carbocycles.